The second-order valence-electron chi connectivity index (χ2n) is 7.58. The van der Waals surface area contributed by atoms with E-state index in [-0.39, 0.29) is 12.2 Å². The molecule has 0 radical (unpaired) electrons. The summed E-state index contributed by atoms with van der Waals surface area (Å²) in [5.74, 6) is -1.11. The maximum Gasteiger partial charge on any atom is 0.134 e. The van der Waals surface area contributed by atoms with Crippen LogP contribution in [0.15, 0.2) is 60.7 Å². The van der Waals surface area contributed by atoms with Crippen molar-refractivity contribution in [1.29, 1.82) is 0 Å². The van der Waals surface area contributed by atoms with Gasteiger partial charge in [0.25, 0.3) is 0 Å². The number of hydrogen-bond donors (Lipinski definition) is 0. The van der Waals surface area contributed by atoms with Crippen molar-refractivity contribution >= 4 is 0 Å². The Hall–Kier alpha value is -2.55. The van der Waals surface area contributed by atoms with Gasteiger partial charge in [0.05, 0.1) is 12.2 Å². The van der Waals surface area contributed by atoms with E-state index in [1.807, 2.05) is 43.3 Å². The maximum absolute atomic E-state index is 14.7. The number of benzene rings is 3. The summed E-state index contributed by atoms with van der Waals surface area (Å²) in [5.41, 5.74) is 4.14. The first kappa shape index (κ1) is 21.2. The van der Waals surface area contributed by atoms with Crippen LogP contribution >= 0.6 is 0 Å². The Balaban J connectivity index is 1.68. The van der Waals surface area contributed by atoms with Gasteiger partial charge in [0, 0.05) is 0 Å². The van der Waals surface area contributed by atoms with E-state index in [4.69, 9.17) is 0 Å². The molecule has 3 aromatic rings. The predicted molar refractivity (Wildman–Crippen MR) is 115 cm³/mol. The van der Waals surface area contributed by atoms with Crippen molar-refractivity contribution in [1.82, 2.24) is 0 Å². The van der Waals surface area contributed by atoms with Crippen molar-refractivity contribution in [3.05, 3.63) is 83.4 Å². The van der Waals surface area contributed by atoms with Crippen LogP contribution in [-0.4, -0.2) is 6.67 Å². The molecule has 0 aliphatic carbocycles. The third-order valence-corrected chi connectivity index (χ3v) is 5.27. The lowest BCUT2D eigenvalue weighted by molar-refractivity contribution is 0.451. The van der Waals surface area contributed by atoms with E-state index < -0.39 is 11.6 Å². The molecule has 0 fully saturated rings. The van der Waals surface area contributed by atoms with Crippen LogP contribution in [0.4, 0.5) is 13.2 Å². The van der Waals surface area contributed by atoms with Gasteiger partial charge in [0.15, 0.2) is 0 Å². The van der Waals surface area contributed by atoms with Crippen molar-refractivity contribution in [2.75, 3.05) is 6.67 Å². The number of rotatable bonds is 9. The van der Waals surface area contributed by atoms with Crippen molar-refractivity contribution in [2.24, 2.45) is 0 Å². The van der Waals surface area contributed by atoms with Crippen molar-refractivity contribution in [3.63, 3.8) is 0 Å². The third kappa shape index (κ3) is 5.72. The summed E-state index contributed by atoms with van der Waals surface area (Å²) in [6.45, 7) is 1.71. The molecule has 0 unspecified atom stereocenters. The lowest BCUT2D eigenvalue weighted by atomic mass is 9.97. The molecule has 0 bridgehead atoms. The standard InChI is InChI=1S/C26H27F3/c1-19-8-12-22(13-9-19)26-24(28)17-23(18-25(26)29)21-14-10-20(11-15-21)7-5-3-2-4-6-16-27/h8-15,17-18H,2-7,16H2,1H3. The fourth-order valence-corrected chi connectivity index (χ4v) is 3.55. The second-order valence-corrected chi connectivity index (χ2v) is 7.58. The third-order valence-electron chi connectivity index (χ3n) is 5.27. The number of alkyl halides is 1. The van der Waals surface area contributed by atoms with Crippen LogP contribution in [0.5, 0.6) is 0 Å². The molecule has 0 atom stereocenters. The minimum Gasteiger partial charge on any atom is -0.251 e. The summed E-state index contributed by atoms with van der Waals surface area (Å²) in [4.78, 5) is 0. The fourth-order valence-electron chi connectivity index (χ4n) is 3.55. The van der Waals surface area contributed by atoms with E-state index in [1.165, 1.54) is 17.7 Å². The molecule has 3 aromatic carbocycles. The van der Waals surface area contributed by atoms with Gasteiger partial charge in [-0.1, -0.05) is 73.4 Å². The van der Waals surface area contributed by atoms with Gasteiger partial charge < -0.3 is 0 Å². The van der Waals surface area contributed by atoms with E-state index in [1.54, 1.807) is 12.1 Å². The van der Waals surface area contributed by atoms with Crippen LogP contribution in [0.3, 0.4) is 0 Å². The zero-order valence-corrected chi connectivity index (χ0v) is 16.9. The van der Waals surface area contributed by atoms with Gasteiger partial charge in [-0.3, -0.25) is 4.39 Å². The van der Waals surface area contributed by atoms with Crippen LogP contribution in [0.1, 0.15) is 43.2 Å². The van der Waals surface area contributed by atoms with Crippen molar-refractivity contribution < 1.29 is 13.2 Å². The molecule has 0 saturated carbocycles. The van der Waals surface area contributed by atoms with Gasteiger partial charge in [-0.15, -0.1) is 0 Å². The highest BCUT2D eigenvalue weighted by atomic mass is 19.1. The Morgan fingerprint density at radius 1 is 0.621 bits per heavy atom. The van der Waals surface area contributed by atoms with Gasteiger partial charge in [0.2, 0.25) is 0 Å². The average molecular weight is 396 g/mol. The van der Waals surface area contributed by atoms with E-state index in [9.17, 15) is 13.2 Å². The summed E-state index contributed by atoms with van der Waals surface area (Å²) >= 11 is 0. The molecule has 152 valence electrons. The number of hydrogen-bond acceptors (Lipinski definition) is 0. The highest BCUT2D eigenvalue weighted by Crippen LogP contribution is 2.31. The summed E-state index contributed by atoms with van der Waals surface area (Å²) in [7, 11) is 0. The highest BCUT2D eigenvalue weighted by Gasteiger charge is 2.14. The van der Waals surface area contributed by atoms with Crippen LogP contribution in [0.25, 0.3) is 22.3 Å². The van der Waals surface area contributed by atoms with E-state index in [0.29, 0.717) is 17.5 Å². The SMILES string of the molecule is Cc1ccc(-c2c(F)cc(-c3ccc(CCCCCCCF)cc3)cc2F)cc1. The molecule has 3 rings (SSSR count). The van der Waals surface area contributed by atoms with E-state index in [0.717, 1.165) is 43.2 Å². The lowest BCUT2D eigenvalue weighted by Crippen LogP contribution is -1.93. The quantitative estimate of drug-likeness (QED) is 0.321. The van der Waals surface area contributed by atoms with Crippen LogP contribution in [-0.2, 0) is 6.42 Å². The van der Waals surface area contributed by atoms with Gasteiger partial charge in [-0.25, -0.2) is 8.78 Å². The van der Waals surface area contributed by atoms with E-state index >= 15 is 0 Å². The van der Waals surface area contributed by atoms with Crippen molar-refractivity contribution in [2.45, 2.75) is 45.4 Å². The van der Waals surface area contributed by atoms with Gasteiger partial charge in [-0.05, 0) is 60.6 Å². The largest absolute Gasteiger partial charge is 0.251 e. The normalized spacial score (nSPS) is 11.0. The molecular weight excluding hydrogens is 369 g/mol. The Kier molecular flexibility index (Phi) is 7.51. The molecule has 0 saturated heterocycles. The molecule has 0 nitrogen and oxygen atoms in total. The smallest absolute Gasteiger partial charge is 0.134 e. The Bertz CT molecular complexity index is 889. The molecule has 3 heteroatoms. The topological polar surface area (TPSA) is 0 Å². The molecular formula is C26H27F3. The molecule has 0 N–H and O–H groups in total. The molecule has 0 amide bonds. The summed E-state index contributed by atoms with van der Waals surface area (Å²) in [6.07, 6.45) is 5.80. The average Bonchev–Trinajstić information content (AvgIpc) is 2.72. The molecule has 0 heterocycles. The van der Waals surface area contributed by atoms with E-state index in [2.05, 4.69) is 0 Å². The van der Waals surface area contributed by atoms with Crippen LogP contribution < -0.4 is 0 Å². The summed E-state index contributed by atoms with van der Waals surface area (Å²) in [5, 5.41) is 0. The van der Waals surface area contributed by atoms with Crippen LogP contribution in [0, 0.1) is 18.6 Å². The number of aryl methyl sites for hydroxylation is 2. The predicted octanol–water partition coefficient (Wildman–Crippen LogP) is 8.07. The molecule has 0 spiro atoms. The molecule has 0 aromatic heterocycles. The Labute approximate surface area is 171 Å². The number of unbranched alkanes of at least 4 members (excludes halogenated alkanes) is 4. The minimum absolute atomic E-state index is 0.0122. The Morgan fingerprint density at radius 2 is 1.17 bits per heavy atom. The first-order chi connectivity index (χ1) is 14.1. The zero-order chi connectivity index (χ0) is 20.6. The van der Waals surface area contributed by atoms with Gasteiger partial charge >= 0.3 is 0 Å². The monoisotopic (exact) mass is 396 g/mol. The second kappa shape index (κ2) is 10.3. The zero-order valence-electron chi connectivity index (χ0n) is 16.9. The first-order valence-electron chi connectivity index (χ1n) is 10.3. The van der Waals surface area contributed by atoms with Crippen LogP contribution in [0.2, 0.25) is 0 Å². The fraction of sp³-hybridized carbons (Fsp3) is 0.308. The minimum atomic E-state index is -0.554. The molecule has 0 aliphatic rings. The van der Waals surface area contributed by atoms with Gasteiger partial charge in [0.1, 0.15) is 11.6 Å². The van der Waals surface area contributed by atoms with Crippen molar-refractivity contribution in [3.8, 4) is 22.3 Å². The van der Waals surface area contributed by atoms with Gasteiger partial charge in [-0.2, -0.15) is 0 Å². The maximum atomic E-state index is 14.7. The molecule has 0 aliphatic heterocycles. The summed E-state index contributed by atoms with van der Waals surface area (Å²) in [6, 6.07) is 17.8. The lowest BCUT2D eigenvalue weighted by Gasteiger charge is -2.10. The molecule has 29 heavy (non-hydrogen) atoms. The number of halogens is 3. The first-order valence-corrected chi connectivity index (χ1v) is 10.3. The summed E-state index contributed by atoms with van der Waals surface area (Å²) < 4.78 is 41.5. The Morgan fingerprint density at radius 3 is 1.79 bits per heavy atom. The highest BCUT2D eigenvalue weighted by molar-refractivity contribution is 5.72.